The van der Waals surface area contributed by atoms with Crippen molar-refractivity contribution in [2.75, 3.05) is 0 Å². The Labute approximate surface area is 263 Å². The largest absolute Gasteiger partial charge is 0.378 e. The van der Waals surface area contributed by atoms with Crippen LogP contribution in [0.25, 0.3) is 0 Å². The molecule has 2 aromatic rings. The van der Waals surface area contributed by atoms with Gasteiger partial charge in [-0.25, -0.2) is 0 Å². The molecule has 0 saturated heterocycles. The first-order valence-corrected chi connectivity index (χ1v) is 19.9. The van der Waals surface area contributed by atoms with Gasteiger partial charge in [0.05, 0.1) is 8.47 Å². The van der Waals surface area contributed by atoms with Crippen molar-refractivity contribution in [3.63, 3.8) is 0 Å². The molecule has 8 rings (SSSR count). The van der Waals surface area contributed by atoms with Crippen LogP contribution in [0.3, 0.4) is 0 Å². The Kier molecular flexibility index (Phi) is 6.86. The molecule has 0 aromatic heterocycles. The monoisotopic (exact) mass is 722 g/mol. The van der Waals surface area contributed by atoms with Crippen molar-refractivity contribution in [2.45, 2.75) is 105 Å². The molecule has 6 fully saturated rings. The topological polar surface area (TPSA) is 97.7 Å². The maximum atomic E-state index is 14.6. The molecule has 226 valence electrons. The lowest BCUT2D eigenvalue weighted by Gasteiger charge is -2.32. The summed E-state index contributed by atoms with van der Waals surface area (Å²) in [6.45, 7) is 0. The van der Waals surface area contributed by atoms with Gasteiger partial charge in [-0.3, -0.25) is 4.55 Å². The first-order valence-electron chi connectivity index (χ1n) is 15.9. The summed E-state index contributed by atoms with van der Waals surface area (Å²) >= 11 is 1.89. The molecule has 9 atom stereocenters. The second-order valence-corrected chi connectivity index (χ2v) is 18.5. The molecule has 9 heteroatoms. The van der Waals surface area contributed by atoms with E-state index in [1.807, 2.05) is 22.6 Å². The summed E-state index contributed by atoms with van der Waals surface area (Å²) in [5.74, 6) is 5.08. The summed E-state index contributed by atoms with van der Waals surface area (Å²) in [7, 11) is -8.63. The second-order valence-electron chi connectivity index (χ2n) is 14.5. The highest BCUT2D eigenvalue weighted by atomic mass is 127. The highest BCUT2D eigenvalue weighted by Crippen LogP contribution is 2.60. The lowest BCUT2D eigenvalue weighted by molar-refractivity contribution is 0.392. The van der Waals surface area contributed by atoms with Crippen LogP contribution in [-0.2, 0) is 20.2 Å². The number of benzene rings is 2. The number of rotatable bonds is 7. The van der Waals surface area contributed by atoms with Gasteiger partial charge in [0.15, 0.2) is 5.75 Å². The zero-order valence-electron chi connectivity index (χ0n) is 23.8. The van der Waals surface area contributed by atoms with E-state index in [1.165, 1.54) is 88.0 Å². The van der Waals surface area contributed by atoms with Crippen LogP contribution in [0.5, 0.6) is 5.75 Å². The number of hydrogen-bond acceptors (Lipinski definition) is 5. The van der Waals surface area contributed by atoms with Crippen LogP contribution in [0.1, 0.15) is 111 Å². The van der Waals surface area contributed by atoms with Crippen LogP contribution in [0, 0.1) is 39.1 Å². The quantitative estimate of drug-likeness (QED) is 0.177. The van der Waals surface area contributed by atoms with Crippen LogP contribution >= 0.6 is 22.6 Å². The molecule has 0 radical (unpaired) electrons. The normalized spacial score (nSPS) is 36.8. The minimum absolute atomic E-state index is 0.0953. The first kappa shape index (κ1) is 28.3. The molecule has 0 aliphatic heterocycles. The molecule has 9 unspecified atom stereocenters. The van der Waals surface area contributed by atoms with E-state index in [2.05, 4.69) is 12.1 Å². The van der Waals surface area contributed by atoms with Crippen molar-refractivity contribution in [3.8, 4) is 5.75 Å². The Morgan fingerprint density at radius 3 is 1.57 bits per heavy atom. The fourth-order valence-corrected chi connectivity index (χ4v) is 13.5. The lowest BCUT2D eigenvalue weighted by atomic mass is 9.75. The van der Waals surface area contributed by atoms with Crippen molar-refractivity contribution < 1.29 is 25.6 Å². The third kappa shape index (κ3) is 4.78. The highest BCUT2D eigenvalue weighted by molar-refractivity contribution is 14.1. The van der Waals surface area contributed by atoms with Gasteiger partial charge in [-0.1, -0.05) is 31.4 Å². The van der Waals surface area contributed by atoms with Crippen LogP contribution in [-0.4, -0.2) is 21.4 Å². The van der Waals surface area contributed by atoms with Gasteiger partial charge in [0, 0.05) is 0 Å². The van der Waals surface area contributed by atoms with E-state index in [4.69, 9.17) is 4.18 Å². The Morgan fingerprint density at radius 2 is 1.17 bits per heavy atom. The fourth-order valence-electron chi connectivity index (χ4n) is 10.5. The second kappa shape index (κ2) is 10.2. The van der Waals surface area contributed by atoms with Crippen molar-refractivity contribution in [3.05, 3.63) is 50.6 Å². The molecule has 0 heterocycles. The third-order valence-corrected chi connectivity index (χ3v) is 15.3. The zero-order valence-corrected chi connectivity index (χ0v) is 27.5. The van der Waals surface area contributed by atoms with E-state index in [0.717, 1.165) is 35.8 Å². The number of fused-ring (bicyclic) bond motifs is 6. The molecule has 6 nitrogen and oxygen atoms in total. The molecule has 42 heavy (non-hydrogen) atoms. The van der Waals surface area contributed by atoms with E-state index in [9.17, 15) is 21.4 Å². The standard InChI is InChI=1S/C33H39IO6S2/c34-31-17-25(41(35,36)37)7-8-32(31)40-42(38,39)33-29(27-13-19-2-5-22(27)10-19)15-24(26-12-18-1-4-21(26)9-18)16-30(33)28-14-20-3-6-23(28)11-20/h7-8,15-23,26-28H,1-6,9-14H2,(H,35,36,37). The smallest absolute Gasteiger partial charge is 0.339 e. The van der Waals surface area contributed by atoms with Crippen molar-refractivity contribution >= 4 is 42.8 Å². The number of hydrogen-bond donors (Lipinski definition) is 1. The summed E-state index contributed by atoms with van der Waals surface area (Å²) in [5, 5.41) is 0. The molecule has 6 bridgehead atoms. The molecule has 6 saturated carbocycles. The van der Waals surface area contributed by atoms with Crippen LogP contribution in [0.15, 0.2) is 40.1 Å². The van der Waals surface area contributed by atoms with Crippen LogP contribution < -0.4 is 4.18 Å². The van der Waals surface area contributed by atoms with Crippen LogP contribution in [0.4, 0.5) is 0 Å². The maximum absolute atomic E-state index is 14.6. The van der Waals surface area contributed by atoms with E-state index >= 15 is 0 Å². The molecule has 0 spiro atoms. The van der Waals surface area contributed by atoms with Gasteiger partial charge in [0.1, 0.15) is 4.90 Å². The molecule has 6 aliphatic carbocycles. The fraction of sp³-hybridized carbons (Fsp3) is 0.636. The first-order chi connectivity index (χ1) is 20.0. The maximum Gasteiger partial charge on any atom is 0.339 e. The minimum atomic E-state index is -4.41. The number of halogens is 1. The molecular weight excluding hydrogens is 683 g/mol. The Morgan fingerprint density at radius 1 is 0.667 bits per heavy atom. The molecule has 2 aromatic carbocycles. The van der Waals surface area contributed by atoms with E-state index in [1.54, 1.807) is 0 Å². The summed E-state index contributed by atoms with van der Waals surface area (Å²) in [6, 6.07) is 8.41. The highest BCUT2D eigenvalue weighted by Gasteiger charge is 2.48. The summed E-state index contributed by atoms with van der Waals surface area (Å²) in [4.78, 5) is 0.136. The van der Waals surface area contributed by atoms with Gasteiger partial charge in [-0.15, -0.1) is 0 Å². The Bertz CT molecular complexity index is 1600. The zero-order chi connectivity index (χ0) is 29.0. The van der Waals surface area contributed by atoms with Gasteiger partial charge in [-0.2, -0.15) is 16.8 Å². The Balaban J connectivity index is 1.28. The van der Waals surface area contributed by atoms with Gasteiger partial charge < -0.3 is 4.18 Å². The van der Waals surface area contributed by atoms with E-state index < -0.39 is 20.2 Å². The minimum Gasteiger partial charge on any atom is -0.378 e. The molecule has 6 aliphatic rings. The van der Waals surface area contributed by atoms with Gasteiger partial charge >= 0.3 is 10.1 Å². The molecule has 1 N–H and O–H groups in total. The predicted molar refractivity (Wildman–Crippen MR) is 168 cm³/mol. The van der Waals surface area contributed by atoms with Gasteiger partial charge in [0.2, 0.25) is 0 Å². The Hall–Kier alpha value is -1.17. The summed E-state index contributed by atoms with van der Waals surface area (Å²) in [6.07, 6.45) is 14.6. The predicted octanol–water partition coefficient (Wildman–Crippen LogP) is 8.02. The SMILES string of the molecule is O=S(=O)(O)c1ccc(OS(=O)(=O)c2c(C3CC4CCC3C4)cc(C3CC4CCC3C4)cc2C2CC3CCC2C3)c(I)c1. The van der Waals surface area contributed by atoms with Crippen molar-refractivity contribution in [2.24, 2.45) is 35.5 Å². The molecular formula is C33H39IO6S2. The van der Waals surface area contributed by atoms with E-state index in [-0.39, 0.29) is 22.5 Å². The average Bonchev–Trinajstić information content (AvgIpc) is 3.81. The van der Waals surface area contributed by atoms with Crippen molar-refractivity contribution in [1.82, 2.24) is 0 Å². The lowest BCUT2D eigenvalue weighted by Crippen LogP contribution is -2.23. The van der Waals surface area contributed by atoms with Gasteiger partial charge in [0.25, 0.3) is 10.1 Å². The van der Waals surface area contributed by atoms with E-state index in [0.29, 0.717) is 38.1 Å². The summed E-state index contributed by atoms with van der Waals surface area (Å²) in [5.41, 5.74) is 3.39. The molecule has 0 amide bonds. The van der Waals surface area contributed by atoms with Gasteiger partial charge in [-0.05, 0) is 169 Å². The van der Waals surface area contributed by atoms with Crippen LogP contribution in [0.2, 0.25) is 0 Å². The summed E-state index contributed by atoms with van der Waals surface area (Å²) < 4.78 is 68.3. The third-order valence-electron chi connectivity index (χ3n) is 12.3. The van der Waals surface area contributed by atoms with Crippen molar-refractivity contribution in [1.29, 1.82) is 0 Å². The average molecular weight is 723 g/mol.